The Kier molecular flexibility index (Phi) is 3.80. The quantitative estimate of drug-likeness (QED) is 0.814. The van der Waals surface area contributed by atoms with Gasteiger partial charge in [-0.3, -0.25) is 9.78 Å². The molecule has 0 spiro atoms. The van der Waals surface area contributed by atoms with Crippen LogP contribution < -0.4 is 0 Å². The number of fused-ring (bicyclic) bond motifs is 1. The summed E-state index contributed by atoms with van der Waals surface area (Å²) in [4.78, 5) is 25.1. The van der Waals surface area contributed by atoms with Gasteiger partial charge in [-0.2, -0.15) is 0 Å². The summed E-state index contributed by atoms with van der Waals surface area (Å²) in [5, 5.41) is 0. The Morgan fingerprint density at radius 3 is 2.68 bits per heavy atom. The van der Waals surface area contributed by atoms with E-state index in [4.69, 9.17) is 4.74 Å². The predicted molar refractivity (Wildman–Crippen MR) is 80.3 cm³/mol. The summed E-state index contributed by atoms with van der Waals surface area (Å²) in [6.07, 6.45) is 5.93. The van der Waals surface area contributed by atoms with E-state index in [2.05, 4.69) is 14.9 Å². The Balaban J connectivity index is 1.32. The van der Waals surface area contributed by atoms with Crippen LogP contribution in [0.3, 0.4) is 0 Å². The highest BCUT2D eigenvalue weighted by Gasteiger charge is 2.42. The van der Waals surface area contributed by atoms with Gasteiger partial charge in [-0.05, 0) is 24.2 Å². The first kappa shape index (κ1) is 14.1. The summed E-state index contributed by atoms with van der Waals surface area (Å²) in [6.45, 7) is 6.95. The van der Waals surface area contributed by atoms with Crippen molar-refractivity contribution in [1.29, 1.82) is 0 Å². The molecule has 3 aliphatic rings. The van der Waals surface area contributed by atoms with Crippen LogP contribution in [0.25, 0.3) is 0 Å². The van der Waals surface area contributed by atoms with Gasteiger partial charge < -0.3 is 14.5 Å². The van der Waals surface area contributed by atoms with Crippen LogP contribution in [-0.4, -0.2) is 71.6 Å². The summed E-state index contributed by atoms with van der Waals surface area (Å²) in [5.41, 5.74) is 0.461. The minimum Gasteiger partial charge on any atom is -0.381 e. The van der Waals surface area contributed by atoms with Crippen molar-refractivity contribution >= 4 is 5.91 Å². The zero-order valence-electron chi connectivity index (χ0n) is 12.7. The Hall–Kier alpha value is -1.53. The summed E-state index contributed by atoms with van der Waals surface area (Å²) in [5.74, 6) is 1.96. The summed E-state index contributed by atoms with van der Waals surface area (Å²) in [6, 6.07) is 0. The largest absolute Gasteiger partial charge is 0.381 e. The molecule has 6 heteroatoms. The number of amides is 1. The van der Waals surface area contributed by atoms with Crippen molar-refractivity contribution < 1.29 is 9.53 Å². The van der Waals surface area contributed by atoms with Gasteiger partial charge in [0.1, 0.15) is 5.69 Å². The highest BCUT2D eigenvalue weighted by Crippen LogP contribution is 2.32. The van der Waals surface area contributed by atoms with E-state index in [1.807, 2.05) is 4.90 Å². The summed E-state index contributed by atoms with van der Waals surface area (Å²) in [7, 11) is 0. The monoisotopic (exact) mass is 302 g/mol. The van der Waals surface area contributed by atoms with Crippen LogP contribution in [0.1, 0.15) is 16.9 Å². The number of likely N-dealkylation sites (tertiary alicyclic amines) is 2. The van der Waals surface area contributed by atoms with Gasteiger partial charge in [0.2, 0.25) is 0 Å². The lowest BCUT2D eigenvalue weighted by molar-refractivity contribution is 0.0766. The highest BCUT2D eigenvalue weighted by atomic mass is 16.5. The molecule has 3 atom stereocenters. The van der Waals surface area contributed by atoms with E-state index in [-0.39, 0.29) is 5.91 Å². The number of carbonyl (C=O) groups excluding carboxylic acids is 1. The second kappa shape index (κ2) is 5.93. The summed E-state index contributed by atoms with van der Waals surface area (Å²) < 4.78 is 5.47. The Bertz CT molecular complexity index is 518. The SMILES string of the molecule is O=C(c1cnccn1)N1C[C@H]2CN(C[C@@H]3CCOC3)C[C@H]2C1. The minimum atomic E-state index is 0.0262. The molecule has 1 aromatic rings. The van der Waals surface area contributed by atoms with E-state index in [9.17, 15) is 4.79 Å². The van der Waals surface area contributed by atoms with Crippen LogP contribution in [0.2, 0.25) is 0 Å². The van der Waals surface area contributed by atoms with Gasteiger partial charge in [0, 0.05) is 51.7 Å². The predicted octanol–water partition coefficient (Wildman–Crippen LogP) is 0.517. The van der Waals surface area contributed by atoms with Crippen molar-refractivity contribution in [2.24, 2.45) is 17.8 Å². The van der Waals surface area contributed by atoms with E-state index >= 15 is 0 Å². The molecule has 4 heterocycles. The number of hydrogen-bond acceptors (Lipinski definition) is 5. The number of nitrogens with zero attached hydrogens (tertiary/aromatic N) is 4. The lowest BCUT2D eigenvalue weighted by atomic mass is 10.0. The normalized spacial score (nSPS) is 31.6. The fraction of sp³-hybridized carbons (Fsp3) is 0.688. The molecule has 0 aromatic carbocycles. The third kappa shape index (κ3) is 2.73. The van der Waals surface area contributed by atoms with E-state index < -0.39 is 0 Å². The second-order valence-electron chi connectivity index (χ2n) is 6.77. The number of carbonyl (C=O) groups is 1. The Morgan fingerprint density at radius 1 is 1.23 bits per heavy atom. The topological polar surface area (TPSA) is 58.6 Å². The van der Waals surface area contributed by atoms with Crippen LogP contribution >= 0.6 is 0 Å². The van der Waals surface area contributed by atoms with Crippen LogP contribution in [0.15, 0.2) is 18.6 Å². The number of hydrogen-bond donors (Lipinski definition) is 0. The van der Waals surface area contributed by atoms with Gasteiger partial charge in [-0.15, -0.1) is 0 Å². The first-order valence-electron chi connectivity index (χ1n) is 8.15. The van der Waals surface area contributed by atoms with E-state index in [0.717, 1.165) is 45.9 Å². The van der Waals surface area contributed by atoms with Crippen LogP contribution in [0, 0.1) is 17.8 Å². The molecule has 0 bridgehead atoms. The molecule has 3 fully saturated rings. The average molecular weight is 302 g/mol. The van der Waals surface area contributed by atoms with Gasteiger partial charge in [-0.1, -0.05) is 0 Å². The molecule has 4 rings (SSSR count). The smallest absolute Gasteiger partial charge is 0.274 e. The fourth-order valence-electron chi connectivity index (χ4n) is 4.07. The number of rotatable bonds is 3. The van der Waals surface area contributed by atoms with E-state index in [1.54, 1.807) is 18.6 Å². The van der Waals surface area contributed by atoms with E-state index in [0.29, 0.717) is 23.4 Å². The van der Waals surface area contributed by atoms with Crippen molar-refractivity contribution in [3.05, 3.63) is 24.3 Å². The molecule has 6 nitrogen and oxygen atoms in total. The first-order chi connectivity index (χ1) is 10.8. The standard InChI is InChI=1S/C16H22N4O2/c21-16(15-5-17-2-3-18-15)20-9-13-7-19(8-14(13)10-20)6-12-1-4-22-11-12/h2-3,5,12-14H,1,4,6-11H2/t12-,13-,14+/m0/s1. The maximum Gasteiger partial charge on any atom is 0.274 e. The van der Waals surface area contributed by atoms with Crippen molar-refractivity contribution in [3.8, 4) is 0 Å². The lowest BCUT2D eigenvalue weighted by Crippen LogP contribution is -2.35. The molecule has 1 amide bonds. The third-order valence-corrected chi connectivity index (χ3v) is 5.17. The molecule has 0 radical (unpaired) electrons. The highest BCUT2D eigenvalue weighted by molar-refractivity contribution is 5.92. The maximum absolute atomic E-state index is 12.4. The molecule has 0 aliphatic carbocycles. The molecule has 118 valence electrons. The van der Waals surface area contributed by atoms with E-state index in [1.165, 1.54) is 6.42 Å². The zero-order valence-corrected chi connectivity index (χ0v) is 12.7. The van der Waals surface area contributed by atoms with Crippen molar-refractivity contribution in [1.82, 2.24) is 19.8 Å². The number of ether oxygens (including phenoxy) is 1. The van der Waals surface area contributed by atoms with Crippen molar-refractivity contribution in [2.75, 3.05) is 45.9 Å². The molecule has 0 unspecified atom stereocenters. The minimum absolute atomic E-state index is 0.0262. The Morgan fingerprint density at radius 2 is 2.05 bits per heavy atom. The van der Waals surface area contributed by atoms with Crippen LogP contribution in [-0.2, 0) is 4.74 Å². The molecular weight excluding hydrogens is 280 g/mol. The third-order valence-electron chi connectivity index (χ3n) is 5.17. The molecule has 1 aromatic heterocycles. The van der Waals surface area contributed by atoms with Crippen molar-refractivity contribution in [3.63, 3.8) is 0 Å². The second-order valence-corrected chi connectivity index (χ2v) is 6.77. The first-order valence-corrected chi connectivity index (χ1v) is 8.15. The molecule has 3 saturated heterocycles. The molecule has 0 N–H and O–H groups in total. The van der Waals surface area contributed by atoms with Gasteiger partial charge >= 0.3 is 0 Å². The van der Waals surface area contributed by atoms with Gasteiger partial charge in [0.15, 0.2) is 0 Å². The molecule has 0 saturated carbocycles. The lowest BCUT2D eigenvalue weighted by Gasteiger charge is -2.23. The van der Waals surface area contributed by atoms with Gasteiger partial charge in [0.05, 0.1) is 12.8 Å². The molecule has 3 aliphatic heterocycles. The summed E-state index contributed by atoms with van der Waals surface area (Å²) >= 11 is 0. The van der Waals surface area contributed by atoms with Crippen LogP contribution in [0.5, 0.6) is 0 Å². The molecule has 22 heavy (non-hydrogen) atoms. The van der Waals surface area contributed by atoms with Crippen LogP contribution in [0.4, 0.5) is 0 Å². The zero-order chi connectivity index (χ0) is 14.9. The Labute approximate surface area is 130 Å². The average Bonchev–Trinajstić information content (AvgIpc) is 3.24. The van der Waals surface area contributed by atoms with Crippen molar-refractivity contribution in [2.45, 2.75) is 6.42 Å². The maximum atomic E-state index is 12.4. The van der Waals surface area contributed by atoms with Gasteiger partial charge in [0.25, 0.3) is 5.91 Å². The van der Waals surface area contributed by atoms with Gasteiger partial charge in [-0.25, -0.2) is 4.98 Å². The number of aromatic nitrogens is 2. The molecular formula is C16H22N4O2. The fourth-order valence-corrected chi connectivity index (χ4v) is 4.07.